The van der Waals surface area contributed by atoms with Crippen LogP contribution in [0.1, 0.15) is 12.5 Å². The van der Waals surface area contributed by atoms with Crippen LogP contribution in [0, 0.1) is 0 Å². The van der Waals surface area contributed by atoms with Crippen molar-refractivity contribution in [3.05, 3.63) is 24.5 Å². The van der Waals surface area contributed by atoms with Crippen molar-refractivity contribution in [2.24, 2.45) is 0 Å². The third-order valence-electron chi connectivity index (χ3n) is 3.15. The molecule has 0 aliphatic carbocycles. The van der Waals surface area contributed by atoms with Gasteiger partial charge in [-0.15, -0.1) is 0 Å². The summed E-state index contributed by atoms with van der Waals surface area (Å²) in [6, 6.07) is -0.204. The number of nitrogens with zero attached hydrogens (tertiary/aromatic N) is 3. The first-order valence-electron chi connectivity index (χ1n) is 6.46. The van der Waals surface area contributed by atoms with Gasteiger partial charge in [0.2, 0.25) is 5.91 Å². The Morgan fingerprint density at radius 3 is 3.00 bits per heavy atom. The van der Waals surface area contributed by atoms with Crippen molar-refractivity contribution in [3.63, 3.8) is 0 Å². The Hall–Kier alpha value is -1.66. The van der Waals surface area contributed by atoms with Crippen molar-refractivity contribution in [3.8, 4) is 0 Å². The zero-order chi connectivity index (χ0) is 13.7. The molecule has 1 aliphatic rings. The van der Waals surface area contributed by atoms with Crippen molar-refractivity contribution in [1.82, 2.24) is 20.0 Å². The molecule has 1 aromatic rings. The number of carbonyl (C=O) groups is 1. The van der Waals surface area contributed by atoms with Crippen molar-refractivity contribution < 1.29 is 9.53 Å². The molecule has 1 unspecified atom stereocenters. The molecule has 0 saturated carbocycles. The molecule has 1 saturated heterocycles. The van der Waals surface area contributed by atoms with Gasteiger partial charge >= 0.3 is 0 Å². The fraction of sp³-hybridized carbons (Fsp3) is 0.538. The predicted octanol–water partition coefficient (Wildman–Crippen LogP) is 0.321. The Bertz CT molecular complexity index is 438. The van der Waals surface area contributed by atoms with Gasteiger partial charge in [-0.3, -0.25) is 4.79 Å². The summed E-state index contributed by atoms with van der Waals surface area (Å²) >= 11 is 0. The monoisotopic (exact) mass is 264 g/mol. The van der Waals surface area contributed by atoms with E-state index in [1.807, 2.05) is 18.0 Å². The molecule has 19 heavy (non-hydrogen) atoms. The van der Waals surface area contributed by atoms with Gasteiger partial charge in [-0.05, 0) is 6.92 Å². The van der Waals surface area contributed by atoms with E-state index in [-0.39, 0.29) is 11.9 Å². The first-order valence-corrected chi connectivity index (χ1v) is 6.46. The molecular formula is C13H20N4O2. The number of carbonyl (C=O) groups excluding carboxylic acids is 1. The quantitative estimate of drug-likeness (QED) is 0.832. The highest BCUT2D eigenvalue weighted by molar-refractivity contribution is 5.81. The molecule has 1 atom stereocenters. The van der Waals surface area contributed by atoms with E-state index < -0.39 is 0 Å². The lowest BCUT2D eigenvalue weighted by atomic mass is 10.2. The highest BCUT2D eigenvalue weighted by atomic mass is 16.5. The second kappa shape index (κ2) is 6.49. The van der Waals surface area contributed by atoms with E-state index in [4.69, 9.17) is 4.74 Å². The Morgan fingerprint density at radius 1 is 1.63 bits per heavy atom. The number of aromatic nitrogens is 2. The summed E-state index contributed by atoms with van der Waals surface area (Å²) in [5.41, 5.74) is 1.03. The Labute approximate surface area is 113 Å². The number of ether oxygens (including phenoxy) is 1. The van der Waals surface area contributed by atoms with E-state index in [9.17, 15) is 4.79 Å². The van der Waals surface area contributed by atoms with Gasteiger partial charge in [-0.25, -0.2) is 4.68 Å². The fourth-order valence-corrected chi connectivity index (χ4v) is 1.98. The van der Waals surface area contributed by atoms with Crippen LogP contribution in [0.25, 0.3) is 6.20 Å². The normalized spacial score (nSPS) is 17.2. The molecule has 0 spiro atoms. The molecule has 0 radical (unpaired) electrons. The highest BCUT2D eigenvalue weighted by Gasteiger charge is 2.21. The Morgan fingerprint density at radius 2 is 2.37 bits per heavy atom. The van der Waals surface area contributed by atoms with E-state index in [1.165, 1.54) is 0 Å². The smallest absolute Gasteiger partial charge is 0.239 e. The van der Waals surface area contributed by atoms with Crippen LogP contribution >= 0.6 is 0 Å². The van der Waals surface area contributed by atoms with Crippen molar-refractivity contribution in [1.29, 1.82) is 0 Å². The minimum Gasteiger partial charge on any atom is -0.378 e. The van der Waals surface area contributed by atoms with E-state index >= 15 is 0 Å². The molecule has 1 N–H and O–H groups in total. The zero-order valence-electron chi connectivity index (χ0n) is 11.2. The average molecular weight is 264 g/mol. The second-order valence-electron chi connectivity index (χ2n) is 4.55. The van der Waals surface area contributed by atoms with Gasteiger partial charge in [0.25, 0.3) is 0 Å². The SMILES string of the molecule is C=Cn1cc(CNC(C)C(=O)N2CCOCC2)cn1. The molecule has 0 bridgehead atoms. The lowest BCUT2D eigenvalue weighted by Crippen LogP contribution is -2.49. The number of hydrogen-bond acceptors (Lipinski definition) is 4. The number of amides is 1. The van der Waals surface area contributed by atoms with Gasteiger partial charge in [0.05, 0.1) is 25.5 Å². The van der Waals surface area contributed by atoms with Crippen LogP contribution in [0.15, 0.2) is 19.0 Å². The Balaban J connectivity index is 1.81. The summed E-state index contributed by atoms with van der Waals surface area (Å²) < 4.78 is 6.88. The maximum Gasteiger partial charge on any atom is 0.239 e. The topological polar surface area (TPSA) is 59.4 Å². The average Bonchev–Trinajstić information content (AvgIpc) is 2.93. The highest BCUT2D eigenvalue weighted by Crippen LogP contribution is 2.02. The number of rotatable bonds is 5. The summed E-state index contributed by atoms with van der Waals surface area (Å²) in [5.74, 6) is 0.124. The number of hydrogen-bond donors (Lipinski definition) is 1. The second-order valence-corrected chi connectivity index (χ2v) is 4.55. The third-order valence-corrected chi connectivity index (χ3v) is 3.15. The largest absolute Gasteiger partial charge is 0.378 e. The minimum atomic E-state index is -0.204. The molecular weight excluding hydrogens is 244 g/mol. The van der Waals surface area contributed by atoms with Gasteiger partial charge in [0, 0.05) is 37.6 Å². The van der Waals surface area contributed by atoms with E-state index in [1.54, 1.807) is 17.1 Å². The maximum absolute atomic E-state index is 12.2. The van der Waals surface area contributed by atoms with Crippen LogP contribution in [0.2, 0.25) is 0 Å². The molecule has 1 fully saturated rings. The first kappa shape index (κ1) is 13.8. The van der Waals surface area contributed by atoms with Crippen molar-refractivity contribution >= 4 is 12.1 Å². The molecule has 104 valence electrons. The summed E-state index contributed by atoms with van der Waals surface area (Å²) in [6.45, 7) is 8.76. The van der Waals surface area contributed by atoms with E-state index in [2.05, 4.69) is 17.0 Å². The molecule has 1 aromatic heterocycles. The summed E-state index contributed by atoms with van der Waals surface area (Å²) in [4.78, 5) is 14.0. The molecule has 2 heterocycles. The lowest BCUT2D eigenvalue weighted by molar-refractivity contribution is -0.137. The van der Waals surface area contributed by atoms with Crippen LogP contribution in [0.3, 0.4) is 0 Å². The summed E-state index contributed by atoms with van der Waals surface area (Å²) in [5, 5.41) is 7.31. The number of nitrogens with one attached hydrogen (secondary N) is 1. The predicted molar refractivity (Wildman–Crippen MR) is 72.3 cm³/mol. The van der Waals surface area contributed by atoms with Crippen molar-refractivity contribution in [2.45, 2.75) is 19.5 Å². The molecule has 6 nitrogen and oxygen atoms in total. The van der Waals surface area contributed by atoms with Gasteiger partial charge < -0.3 is 15.0 Å². The van der Waals surface area contributed by atoms with Gasteiger partial charge in [0.1, 0.15) is 0 Å². The van der Waals surface area contributed by atoms with Crippen molar-refractivity contribution in [2.75, 3.05) is 26.3 Å². The first-order chi connectivity index (χ1) is 9.20. The Kier molecular flexibility index (Phi) is 4.70. The molecule has 1 amide bonds. The molecule has 0 aromatic carbocycles. The standard InChI is InChI=1S/C13H20N4O2/c1-3-17-10-12(9-15-17)8-14-11(2)13(18)16-4-6-19-7-5-16/h3,9-11,14H,1,4-8H2,2H3. The van der Waals surface area contributed by atoms with E-state index in [0.29, 0.717) is 32.8 Å². The van der Waals surface area contributed by atoms with Gasteiger partial charge in [-0.2, -0.15) is 5.10 Å². The van der Waals surface area contributed by atoms with Crippen LogP contribution in [-0.2, 0) is 16.1 Å². The molecule has 1 aliphatic heterocycles. The molecule has 6 heteroatoms. The van der Waals surface area contributed by atoms with Crippen LogP contribution in [-0.4, -0.2) is 52.9 Å². The maximum atomic E-state index is 12.2. The van der Waals surface area contributed by atoms with Crippen LogP contribution in [0.4, 0.5) is 0 Å². The van der Waals surface area contributed by atoms with Crippen LogP contribution < -0.4 is 5.32 Å². The minimum absolute atomic E-state index is 0.124. The molecule has 2 rings (SSSR count). The lowest BCUT2D eigenvalue weighted by Gasteiger charge is -2.29. The zero-order valence-corrected chi connectivity index (χ0v) is 11.2. The number of morpholine rings is 1. The fourth-order valence-electron chi connectivity index (χ4n) is 1.98. The summed E-state index contributed by atoms with van der Waals surface area (Å²) in [7, 11) is 0. The van der Waals surface area contributed by atoms with Gasteiger partial charge in [0.15, 0.2) is 0 Å². The third kappa shape index (κ3) is 3.65. The summed E-state index contributed by atoms with van der Waals surface area (Å²) in [6.07, 6.45) is 5.28. The van der Waals surface area contributed by atoms with Crippen LogP contribution in [0.5, 0.6) is 0 Å². The van der Waals surface area contributed by atoms with E-state index in [0.717, 1.165) is 5.56 Å². The van der Waals surface area contributed by atoms with Gasteiger partial charge in [-0.1, -0.05) is 6.58 Å².